The average molecular weight is 304 g/mol. The smallest absolute Gasteiger partial charge is 0.0594 e. The van der Waals surface area contributed by atoms with Crippen molar-refractivity contribution in [2.24, 2.45) is 0 Å². The molecular formula is C14H32N4O3. The van der Waals surface area contributed by atoms with Gasteiger partial charge in [-0.3, -0.25) is 4.90 Å². The van der Waals surface area contributed by atoms with Gasteiger partial charge in [-0.15, -0.1) is 0 Å². The number of ether oxygens (including phenoxy) is 2. The number of hydrogen-bond donors (Lipinski definition) is 4. The first-order valence-corrected chi connectivity index (χ1v) is 8.04. The Labute approximate surface area is 128 Å². The molecular weight excluding hydrogens is 272 g/mol. The molecule has 0 radical (unpaired) electrons. The minimum absolute atomic E-state index is 0.192. The molecule has 0 aromatic heterocycles. The van der Waals surface area contributed by atoms with Crippen molar-refractivity contribution >= 4 is 0 Å². The molecule has 7 nitrogen and oxygen atoms in total. The van der Waals surface area contributed by atoms with Crippen LogP contribution >= 0.6 is 0 Å². The highest BCUT2D eigenvalue weighted by molar-refractivity contribution is 4.60. The van der Waals surface area contributed by atoms with Gasteiger partial charge in [0.15, 0.2) is 0 Å². The molecule has 0 spiro atoms. The molecule has 0 aromatic rings. The molecule has 1 heterocycles. The third kappa shape index (κ3) is 12.0. The van der Waals surface area contributed by atoms with E-state index in [2.05, 4.69) is 20.9 Å². The summed E-state index contributed by atoms with van der Waals surface area (Å²) in [5.74, 6) is 0. The van der Waals surface area contributed by atoms with E-state index < -0.39 is 0 Å². The largest absolute Gasteiger partial charge is 0.395 e. The number of aliphatic hydroxyl groups is 1. The molecule has 1 aliphatic rings. The van der Waals surface area contributed by atoms with Crippen molar-refractivity contribution in [1.29, 1.82) is 0 Å². The van der Waals surface area contributed by atoms with Crippen molar-refractivity contribution in [2.75, 3.05) is 91.9 Å². The van der Waals surface area contributed by atoms with Crippen LogP contribution in [0.5, 0.6) is 0 Å². The predicted molar refractivity (Wildman–Crippen MR) is 83.8 cm³/mol. The summed E-state index contributed by atoms with van der Waals surface area (Å²) in [4.78, 5) is 2.22. The number of β-amino-alcohol motifs (C(OH)–C–C–N with tert-alkyl or cyclic N) is 1. The monoisotopic (exact) mass is 304 g/mol. The lowest BCUT2D eigenvalue weighted by atomic mass is 10.4. The van der Waals surface area contributed by atoms with E-state index in [-0.39, 0.29) is 6.61 Å². The molecule has 1 aliphatic heterocycles. The first-order valence-electron chi connectivity index (χ1n) is 8.04. The minimum Gasteiger partial charge on any atom is -0.395 e. The second kappa shape index (κ2) is 14.6. The minimum atomic E-state index is 0.192. The van der Waals surface area contributed by atoms with Gasteiger partial charge in [-0.1, -0.05) is 0 Å². The van der Waals surface area contributed by atoms with Gasteiger partial charge in [0.2, 0.25) is 0 Å². The summed E-state index contributed by atoms with van der Waals surface area (Å²) >= 11 is 0. The molecule has 0 bridgehead atoms. The van der Waals surface area contributed by atoms with Crippen LogP contribution in [0, 0.1) is 0 Å². The van der Waals surface area contributed by atoms with Gasteiger partial charge in [-0.2, -0.15) is 0 Å². The fourth-order valence-corrected chi connectivity index (χ4v) is 2.10. The zero-order valence-electron chi connectivity index (χ0n) is 13.1. The van der Waals surface area contributed by atoms with Crippen molar-refractivity contribution in [3.8, 4) is 0 Å². The molecule has 0 saturated carbocycles. The molecule has 0 aromatic carbocycles. The second-order valence-electron chi connectivity index (χ2n) is 5.04. The summed E-state index contributed by atoms with van der Waals surface area (Å²) in [7, 11) is 0. The highest BCUT2D eigenvalue weighted by Crippen LogP contribution is 1.88. The first kappa shape index (κ1) is 18.8. The van der Waals surface area contributed by atoms with Gasteiger partial charge in [-0.25, -0.2) is 0 Å². The average Bonchev–Trinajstić information content (AvgIpc) is 2.49. The SMILES string of the molecule is OCCN1CCNCCOCCNCCNCCOCC1. The molecule has 1 fully saturated rings. The quantitative estimate of drug-likeness (QED) is 0.474. The van der Waals surface area contributed by atoms with Crippen LogP contribution in [0.25, 0.3) is 0 Å². The van der Waals surface area contributed by atoms with Crippen molar-refractivity contribution in [3.63, 3.8) is 0 Å². The third-order valence-electron chi connectivity index (χ3n) is 3.32. The summed E-state index contributed by atoms with van der Waals surface area (Å²) in [6.45, 7) is 11.0. The normalized spacial score (nSPS) is 23.3. The van der Waals surface area contributed by atoms with Gasteiger partial charge in [0.05, 0.1) is 33.0 Å². The van der Waals surface area contributed by atoms with Gasteiger partial charge in [0, 0.05) is 58.9 Å². The molecule has 0 aliphatic carbocycles. The number of hydrogen-bond acceptors (Lipinski definition) is 7. The van der Waals surface area contributed by atoms with Gasteiger partial charge < -0.3 is 30.5 Å². The first-order chi connectivity index (χ1) is 10.4. The van der Waals surface area contributed by atoms with Crippen LogP contribution in [0.1, 0.15) is 0 Å². The molecule has 0 amide bonds. The molecule has 4 N–H and O–H groups in total. The molecule has 0 unspecified atom stereocenters. The maximum Gasteiger partial charge on any atom is 0.0594 e. The standard InChI is InChI=1S/C14H32N4O3/c19-10-8-18-7-3-17-6-12-20-11-4-15-1-2-16-5-13-21-14-9-18/h15-17,19H,1-14H2. The fourth-order valence-electron chi connectivity index (χ4n) is 2.10. The van der Waals surface area contributed by atoms with Crippen molar-refractivity contribution in [1.82, 2.24) is 20.9 Å². The molecule has 21 heavy (non-hydrogen) atoms. The van der Waals surface area contributed by atoms with E-state index in [1.165, 1.54) is 0 Å². The van der Waals surface area contributed by atoms with Gasteiger partial charge in [0.1, 0.15) is 0 Å². The van der Waals surface area contributed by atoms with Gasteiger partial charge in [0.25, 0.3) is 0 Å². The Morgan fingerprint density at radius 1 is 0.714 bits per heavy atom. The Balaban J connectivity index is 2.18. The Hall–Kier alpha value is -0.280. The lowest BCUT2D eigenvalue weighted by Crippen LogP contribution is -2.38. The third-order valence-corrected chi connectivity index (χ3v) is 3.32. The highest BCUT2D eigenvalue weighted by atomic mass is 16.5. The zero-order chi connectivity index (χ0) is 15.0. The van der Waals surface area contributed by atoms with E-state index in [0.29, 0.717) is 13.2 Å². The van der Waals surface area contributed by atoms with E-state index in [1.807, 2.05) is 0 Å². The van der Waals surface area contributed by atoms with E-state index in [1.54, 1.807) is 0 Å². The predicted octanol–water partition coefficient (Wildman–Crippen LogP) is -1.90. The fraction of sp³-hybridized carbons (Fsp3) is 1.00. The van der Waals surface area contributed by atoms with Crippen LogP contribution in [0.15, 0.2) is 0 Å². The summed E-state index contributed by atoms with van der Waals surface area (Å²) in [6, 6.07) is 0. The van der Waals surface area contributed by atoms with Gasteiger partial charge in [-0.05, 0) is 0 Å². The van der Waals surface area contributed by atoms with Crippen LogP contribution < -0.4 is 16.0 Å². The molecule has 126 valence electrons. The van der Waals surface area contributed by atoms with Crippen LogP contribution in [-0.4, -0.2) is 102 Å². The van der Waals surface area contributed by atoms with Gasteiger partial charge >= 0.3 is 0 Å². The summed E-state index contributed by atoms with van der Waals surface area (Å²) in [5.41, 5.74) is 0. The topological polar surface area (TPSA) is 78.0 Å². The van der Waals surface area contributed by atoms with Crippen LogP contribution in [0.4, 0.5) is 0 Å². The van der Waals surface area contributed by atoms with Crippen molar-refractivity contribution in [2.45, 2.75) is 0 Å². The van der Waals surface area contributed by atoms with Crippen LogP contribution in [0.2, 0.25) is 0 Å². The Morgan fingerprint density at radius 2 is 1.29 bits per heavy atom. The number of aliphatic hydroxyl groups excluding tert-OH is 1. The van der Waals surface area contributed by atoms with Crippen LogP contribution in [0.3, 0.4) is 0 Å². The van der Waals surface area contributed by atoms with E-state index >= 15 is 0 Å². The summed E-state index contributed by atoms with van der Waals surface area (Å²) in [5, 5.41) is 19.1. The van der Waals surface area contributed by atoms with Crippen molar-refractivity contribution < 1.29 is 14.6 Å². The van der Waals surface area contributed by atoms with Crippen molar-refractivity contribution in [3.05, 3.63) is 0 Å². The number of nitrogens with one attached hydrogen (secondary N) is 3. The highest BCUT2D eigenvalue weighted by Gasteiger charge is 2.03. The number of rotatable bonds is 2. The molecule has 1 rings (SSSR count). The van der Waals surface area contributed by atoms with E-state index in [4.69, 9.17) is 14.6 Å². The molecule has 1 saturated heterocycles. The van der Waals surface area contributed by atoms with E-state index in [9.17, 15) is 0 Å². The summed E-state index contributed by atoms with van der Waals surface area (Å²) < 4.78 is 11.1. The van der Waals surface area contributed by atoms with Crippen LogP contribution in [-0.2, 0) is 9.47 Å². The lowest BCUT2D eigenvalue weighted by molar-refractivity contribution is 0.0959. The van der Waals surface area contributed by atoms with E-state index in [0.717, 1.165) is 72.2 Å². The Kier molecular flexibility index (Phi) is 13.1. The lowest BCUT2D eigenvalue weighted by Gasteiger charge is -2.21. The molecule has 0 atom stereocenters. The number of nitrogens with zero attached hydrogens (tertiary/aromatic N) is 1. The molecule has 7 heteroatoms. The zero-order valence-corrected chi connectivity index (χ0v) is 13.1. The Morgan fingerprint density at radius 3 is 1.90 bits per heavy atom. The summed E-state index contributed by atoms with van der Waals surface area (Å²) in [6.07, 6.45) is 0. The maximum atomic E-state index is 9.08. The maximum absolute atomic E-state index is 9.08. The second-order valence-corrected chi connectivity index (χ2v) is 5.04. The Bertz CT molecular complexity index is 204.